The maximum atomic E-state index is 12.6. The molecule has 2 N–H and O–H groups in total. The molecule has 0 amide bonds. The highest BCUT2D eigenvalue weighted by atomic mass is 19.4. The Bertz CT molecular complexity index is 461. The summed E-state index contributed by atoms with van der Waals surface area (Å²) in [5.74, 6) is 0. The summed E-state index contributed by atoms with van der Waals surface area (Å²) in [5, 5.41) is 8.38. The summed E-state index contributed by atoms with van der Waals surface area (Å²) in [5.41, 5.74) is 1.25. The van der Waals surface area contributed by atoms with Gasteiger partial charge in [0.05, 0.1) is 24.4 Å². The Balaban J connectivity index is 3.54. The molecule has 1 aromatic heterocycles. The van der Waals surface area contributed by atoms with Gasteiger partial charge in [-0.05, 0) is 0 Å². The standard InChI is InChI=1S/C9H6F5N3/c10-8(11)6-4(1-2-15)7(9(12,13)14)17-3-5(6)16/h3,8H,1,16H2. The molecule has 0 aromatic carbocycles. The molecule has 0 spiro atoms. The van der Waals surface area contributed by atoms with Crippen LogP contribution < -0.4 is 5.73 Å². The van der Waals surface area contributed by atoms with E-state index < -0.39 is 41.5 Å². The van der Waals surface area contributed by atoms with Crippen LogP contribution in [0.2, 0.25) is 0 Å². The van der Waals surface area contributed by atoms with Gasteiger partial charge in [0.2, 0.25) is 0 Å². The van der Waals surface area contributed by atoms with Crippen LogP contribution in [0.15, 0.2) is 6.20 Å². The topological polar surface area (TPSA) is 62.7 Å². The normalized spacial score (nSPS) is 11.6. The van der Waals surface area contributed by atoms with E-state index in [9.17, 15) is 22.0 Å². The van der Waals surface area contributed by atoms with Crippen LogP contribution >= 0.6 is 0 Å². The Labute approximate surface area is 92.7 Å². The SMILES string of the molecule is N#CCc1c(C(F)(F)F)ncc(N)c1C(F)F. The molecule has 0 atom stereocenters. The highest BCUT2D eigenvalue weighted by molar-refractivity contribution is 5.52. The largest absolute Gasteiger partial charge is 0.433 e. The van der Waals surface area contributed by atoms with Gasteiger partial charge >= 0.3 is 6.18 Å². The fraction of sp³-hybridized carbons (Fsp3) is 0.333. The van der Waals surface area contributed by atoms with Crippen molar-refractivity contribution < 1.29 is 22.0 Å². The summed E-state index contributed by atoms with van der Waals surface area (Å²) in [6.45, 7) is 0. The van der Waals surface area contributed by atoms with Crippen LogP contribution in [0.1, 0.15) is 23.2 Å². The van der Waals surface area contributed by atoms with E-state index in [1.54, 1.807) is 0 Å². The molecular weight excluding hydrogens is 245 g/mol. The van der Waals surface area contributed by atoms with E-state index >= 15 is 0 Å². The highest BCUT2D eigenvalue weighted by Gasteiger charge is 2.37. The van der Waals surface area contributed by atoms with Gasteiger partial charge in [-0.2, -0.15) is 18.4 Å². The number of halogens is 5. The van der Waals surface area contributed by atoms with Gasteiger partial charge in [-0.1, -0.05) is 0 Å². The predicted octanol–water partition coefficient (Wildman–Crippen LogP) is 2.69. The highest BCUT2D eigenvalue weighted by Crippen LogP contribution is 2.37. The lowest BCUT2D eigenvalue weighted by molar-refractivity contribution is -0.141. The second kappa shape index (κ2) is 4.53. The average molecular weight is 251 g/mol. The third-order valence-electron chi connectivity index (χ3n) is 2.00. The minimum absolute atomic E-state index is 0.519. The zero-order valence-corrected chi connectivity index (χ0v) is 8.22. The molecule has 3 nitrogen and oxygen atoms in total. The number of aromatic nitrogens is 1. The van der Waals surface area contributed by atoms with Crippen LogP contribution in [0, 0.1) is 11.3 Å². The number of alkyl halides is 5. The van der Waals surface area contributed by atoms with E-state index in [0.29, 0.717) is 6.20 Å². The molecule has 0 unspecified atom stereocenters. The van der Waals surface area contributed by atoms with Gasteiger partial charge in [0.15, 0.2) is 0 Å². The quantitative estimate of drug-likeness (QED) is 0.822. The predicted molar refractivity (Wildman–Crippen MR) is 47.9 cm³/mol. The summed E-state index contributed by atoms with van der Waals surface area (Å²) in [4.78, 5) is 2.98. The molecule has 0 radical (unpaired) electrons. The first-order chi connectivity index (χ1) is 7.79. The summed E-state index contributed by atoms with van der Waals surface area (Å²) in [7, 11) is 0. The van der Waals surface area contributed by atoms with Gasteiger partial charge in [-0.15, -0.1) is 0 Å². The van der Waals surface area contributed by atoms with Crippen molar-refractivity contribution in [1.82, 2.24) is 4.98 Å². The molecule has 0 saturated carbocycles. The van der Waals surface area contributed by atoms with Crippen LogP contribution in [-0.4, -0.2) is 4.98 Å². The molecule has 17 heavy (non-hydrogen) atoms. The molecule has 0 aliphatic heterocycles. The summed E-state index contributed by atoms with van der Waals surface area (Å²) < 4.78 is 62.7. The number of pyridine rings is 1. The lowest BCUT2D eigenvalue weighted by Gasteiger charge is -2.15. The number of nitrogens with two attached hydrogens (primary N) is 1. The van der Waals surface area contributed by atoms with Crippen molar-refractivity contribution in [2.24, 2.45) is 0 Å². The molecule has 0 aliphatic carbocycles. The molecule has 1 rings (SSSR count). The van der Waals surface area contributed by atoms with Crippen LogP contribution in [-0.2, 0) is 12.6 Å². The van der Waals surface area contributed by atoms with Crippen molar-refractivity contribution in [1.29, 1.82) is 5.26 Å². The van der Waals surface area contributed by atoms with Gasteiger partial charge in [0, 0.05) is 11.1 Å². The van der Waals surface area contributed by atoms with Crippen LogP contribution in [0.5, 0.6) is 0 Å². The molecule has 1 heterocycles. The lowest BCUT2D eigenvalue weighted by Crippen LogP contribution is -2.15. The monoisotopic (exact) mass is 251 g/mol. The number of anilines is 1. The van der Waals surface area contributed by atoms with Gasteiger partial charge in [0.25, 0.3) is 6.43 Å². The summed E-state index contributed by atoms with van der Waals surface area (Å²) in [6.07, 6.45) is -8.40. The molecular formula is C9H6F5N3. The van der Waals surface area contributed by atoms with Crippen molar-refractivity contribution in [3.05, 3.63) is 23.0 Å². The van der Waals surface area contributed by atoms with E-state index in [2.05, 4.69) is 4.98 Å². The van der Waals surface area contributed by atoms with Crippen molar-refractivity contribution in [2.75, 3.05) is 5.73 Å². The Morgan fingerprint density at radius 1 is 1.41 bits per heavy atom. The van der Waals surface area contributed by atoms with Gasteiger partial charge in [-0.25, -0.2) is 13.8 Å². The molecule has 8 heteroatoms. The maximum Gasteiger partial charge on any atom is 0.433 e. The molecule has 0 saturated heterocycles. The first-order valence-electron chi connectivity index (χ1n) is 4.28. The number of rotatable bonds is 2. The zero-order chi connectivity index (χ0) is 13.2. The van der Waals surface area contributed by atoms with Crippen LogP contribution in [0.25, 0.3) is 0 Å². The van der Waals surface area contributed by atoms with Crippen LogP contribution in [0.4, 0.5) is 27.6 Å². The minimum Gasteiger partial charge on any atom is -0.397 e. The zero-order valence-electron chi connectivity index (χ0n) is 8.22. The van der Waals surface area contributed by atoms with Crippen LogP contribution in [0.3, 0.4) is 0 Å². The average Bonchev–Trinajstić information content (AvgIpc) is 2.15. The fourth-order valence-electron chi connectivity index (χ4n) is 1.34. The first-order valence-corrected chi connectivity index (χ1v) is 4.28. The van der Waals surface area contributed by atoms with Crippen molar-refractivity contribution in [3.63, 3.8) is 0 Å². The van der Waals surface area contributed by atoms with Crippen molar-refractivity contribution in [3.8, 4) is 6.07 Å². The molecule has 0 bridgehead atoms. The molecule has 1 aromatic rings. The second-order valence-electron chi connectivity index (χ2n) is 3.09. The van der Waals surface area contributed by atoms with Gasteiger partial charge < -0.3 is 5.73 Å². The third-order valence-corrected chi connectivity index (χ3v) is 2.00. The minimum atomic E-state index is -4.90. The van der Waals surface area contributed by atoms with E-state index in [1.807, 2.05) is 0 Å². The Hall–Kier alpha value is -1.91. The van der Waals surface area contributed by atoms with Crippen molar-refractivity contribution >= 4 is 5.69 Å². The Morgan fingerprint density at radius 2 is 2.00 bits per heavy atom. The summed E-state index contributed by atoms with van der Waals surface area (Å²) >= 11 is 0. The van der Waals surface area contributed by atoms with E-state index in [0.717, 1.165) is 0 Å². The number of hydrogen-bond donors (Lipinski definition) is 1. The van der Waals surface area contributed by atoms with Crippen molar-refractivity contribution in [2.45, 2.75) is 19.0 Å². The number of nitriles is 1. The maximum absolute atomic E-state index is 12.6. The third kappa shape index (κ3) is 2.61. The summed E-state index contributed by atoms with van der Waals surface area (Å²) in [6, 6.07) is 1.39. The molecule has 0 fully saturated rings. The van der Waals surface area contributed by atoms with E-state index in [1.165, 1.54) is 6.07 Å². The molecule has 92 valence electrons. The van der Waals surface area contributed by atoms with E-state index in [-0.39, 0.29) is 0 Å². The fourth-order valence-corrected chi connectivity index (χ4v) is 1.34. The first kappa shape index (κ1) is 13.2. The Kier molecular flexibility index (Phi) is 3.50. The van der Waals surface area contributed by atoms with Gasteiger partial charge in [0.1, 0.15) is 5.69 Å². The second-order valence-corrected chi connectivity index (χ2v) is 3.09. The Morgan fingerprint density at radius 3 is 2.41 bits per heavy atom. The number of hydrogen-bond acceptors (Lipinski definition) is 3. The number of nitrogen functional groups attached to an aromatic ring is 1. The van der Waals surface area contributed by atoms with Gasteiger partial charge in [-0.3, -0.25) is 0 Å². The lowest BCUT2D eigenvalue weighted by atomic mass is 10.0. The smallest absolute Gasteiger partial charge is 0.397 e. The van der Waals surface area contributed by atoms with E-state index in [4.69, 9.17) is 11.0 Å². The number of nitrogens with zero attached hydrogens (tertiary/aromatic N) is 2. The molecule has 0 aliphatic rings.